The second-order valence-corrected chi connectivity index (χ2v) is 4.41. The zero-order valence-electron chi connectivity index (χ0n) is 8.55. The molecule has 0 aliphatic heterocycles. The van der Waals surface area contributed by atoms with Crippen LogP contribution in [0.4, 0.5) is 0 Å². The molecule has 2 rings (SSSR count). The highest BCUT2D eigenvalue weighted by molar-refractivity contribution is 5.86. The molecule has 2 bridgehead atoms. The number of rotatable bonds is 1. The summed E-state index contributed by atoms with van der Waals surface area (Å²) in [6.45, 7) is 5.98. The number of Topliss-reactive ketones (excluding diaryl/α,β-unsaturated/α-hetero) is 1. The summed E-state index contributed by atoms with van der Waals surface area (Å²) in [6, 6.07) is 0. The molecular formula is C12H16O. The lowest BCUT2D eigenvalue weighted by Gasteiger charge is -2.19. The first-order valence-electron chi connectivity index (χ1n) is 4.98. The summed E-state index contributed by atoms with van der Waals surface area (Å²) in [5.74, 6) is 1.14. The minimum absolute atomic E-state index is 0.156. The van der Waals surface area contributed by atoms with E-state index in [4.69, 9.17) is 0 Å². The number of fused-ring (bicyclic) bond motifs is 2. The lowest BCUT2D eigenvalue weighted by atomic mass is 9.84. The molecule has 13 heavy (non-hydrogen) atoms. The second-order valence-electron chi connectivity index (χ2n) is 4.41. The molecule has 0 amide bonds. The largest absolute Gasteiger partial charge is 0.299 e. The fraction of sp³-hybridized carbons (Fsp3) is 0.583. The summed E-state index contributed by atoms with van der Waals surface area (Å²) in [5.41, 5.74) is 4.16. The van der Waals surface area contributed by atoms with Gasteiger partial charge in [0.2, 0.25) is 0 Å². The minimum Gasteiger partial charge on any atom is -0.299 e. The standard InChI is InChI=1S/C12H16O/c1-7(2)11-9-4-5-10(6-9)12(11)8(3)13/h5,9,12H,4,6H2,1-3H3. The third kappa shape index (κ3) is 1.18. The van der Waals surface area contributed by atoms with Gasteiger partial charge in [-0.15, -0.1) is 0 Å². The topological polar surface area (TPSA) is 17.1 Å². The van der Waals surface area contributed by atoms with Gasteiger partial charge in [-0.1, -0.05) is 22.8 Å². The van der Waals surface area contributed by atoms with Crippen molar-refractivity contribution in [1.82, 2.24) is 0 Å². The number of ketones is 1. The molecular weight excluding hydrogens is 160 g/mol. The monoisotopic (exact) mass is 176 g/mol. The Morgan fingerprint density at radius 2 is 2.08 bits per heavy atom. The molecule has 1 fully saturated rings. The number of carbonyl (C=O) groups is 1. The van der Waals surface area contributed by atoms with Gasteiger partial charge in [0.25, 0.3) is 0 Å². The molecule has 70 valence electrons. The van der Waals surface area contributed by atoms with Crippen molar-refractivity contribution in [1.29, 1.82) is 0 Å². The van der Waals surface area contributed by atoms with E-state index in [0.29, 0.717) is 11.7 Å². The number of hydrogen-bond donors (Lipinski definition) is 0. The molecule has 0 heterocycles. The third-order valence-corrected chi connectivity index (χ3v) is 3.25. The van der Waals surface area contributed by atoms with Crippen molar-refractivity contribution in [2.45, 2.75) is 33.6 Å². The third-order valence-electron chi connectivity index (χ3n) is 3.25. The summed E-state index contributed by atoms with van der Waals surface area (Å²) >= 11 is 0. The van der Waals surface area contributed by atoms with Crippen molar-refractivity contribution in [2.75, 3.05) is 0 Å². The average molecular weight is 176 g/mol. The quantitative estimate of drug-likeness (QED) is 0.561. The Hall–Kier alpha value is -0.850. The molecule has 0 N–H and O–H groups in total. The van der Waals surface area contributed by atoms with E-state index in [9.17, 15) is 4.79 Å². The Balaban J connectivity index is 2.45. The van der Waals surface area contributed by atoms with Crippen LogP contribution in [0, 0.1) is 11.8 Å². The average Bonchev–Trinajstić information content (AvgIpc) is 2.60. The van der Waals surface area contributed by atoms with Crippen LogP contribution in [0.15, 0.2) is 22.8 Å². The number of allylic oxidation sites excluding steroid dienone is 4. The minimum atomic E-state index is 0.156. The zero-order valence-corrected chi connectivity index (χ0v) is 8.55. The molecule has 1 nitrogen and oxygen atoms in total. The predicted octanol–water partition coefficient (Wildman–Crippen LogP) is 2.88. The Morgan fingerprint density at radius 3 is 2.54 bits per heavy atom. The maximum absolute atomic E-state index is 11.5. The molecule has 1 heteroatoms. The molecule has 0 aromatic carbocycles. The van der Waals surface area contributed by atoms with Crippen LogP contribution in [-0.4, -0.2) is 5.78 Å². The molecule has 1 saturated carbocycles. The summed E-state index contributed by atoms with van der Waals surface area (Å²) < 4.78 is 0. The van der Waals surface area contributed by atoms with Gasteiger partial charge in [0.05, 0.1) is 5.92 Å². The van der Waals surface area contributed by atoms with Crippen molar-refractivity contribution in [3.63, 3.8) is 0 Å². The molecule has 2 unspecified atom stereocenters. The van der Waals surface area contributed by atoms with Gasteiger partial charge in [0.15, 0.2) is 0 Å². The molecule has 2 atom stereocenters. The van der Waals surface area contributed by atoms with E-state index in [0.717, 1.165) is 6.42 Å². The highest BCUT2D eigenvalue weighted by atomic mass is 16.1. The fourth-order valence-corrected chi connectivity index (χ4v) is 2.83. The second kappa shape index (κ2) is 2.83. The lowest BCUT2D eigenvalue weighted by molar-refractivity contribution is -0.118. The van der Waals surface area contributed by atoms with Crippen molar-refractivity contribution in [3.8, 4) is 0 Å². The van der Waals surface area contributed by atoms with E-state index < -0.39 is 0 Å². The summed E-state index contributed by atoms with van der Waals surface area (Å²) in [6.07, 6.45) is 4.58. The first kappa shape index (κ1) is 8.74. The van der Waals surface area contributed by atoms with Gasteiger partial charge in [-0.25, -0.2) is 0 Å². The van der Waals surface area contributed by atoms with Crippen LogP contribution >= 0.6 is 0 Å². The van der Waals surface area contributed by atoms with Crippen LogP contribution in [0.3, 0.4) is 0 Å². The Labute approximate surface area is 79.5 Å². The van der Waals surface area contributed by atoms with Crippen molar-refractivity contribution < 1.29 is 4.79 Å². The van der Waals surface area contributed by atoms with Crippen molar-refractivity contribution >= 4 is 5.78 Å². The van der Waals surface area contributed by atoms with Gasteiger partial charge in [-0.2, -0.15) is 0 Å². The first-order valence-corrected chi connectivity index (χ1v) is 4.98. The molecule has 0 spiro atoms. The molecule has 0 saturated heterocycles. The van der Waals surface area contributed by atoms with Crippen LogP contribution in [0.25, 0.3) is 0 Å². The van der Waals surface area contributed by atoms with Gasteiger partial charge < -0.3 is 0 Å². The first-order chi connectivity index (χ1) is 6.11. The molecule has 0 aromatic heterocycles. The smallest absolute Gasteiger partial charge is 0.140 e. The Bertz CT molecular complexity index is 316. The summed E-state index contributed by atoms with van der Waals surface area (Å²) in [5, 5.41) is 0. The Kier molecular flexibility index (Phi) is 1.90. The molecule has 2 aliphatic carbocycles. The van der Waals surface area contributed by atoms with Crippen LogP contribution in [0.2, 0.25) is 0 Å². The van der Waals surface area contributed by atoms with Crippen molar-refractivity contribution in [3.05, 3.63) is 22.8 Å². The lowest BCUT2D eigenvalue weighted by Crippen LogP contribution is -2.15. The van der Waals surface area contributed by atoms with E-state index >= 15 is 0 Å². The summed E-state index contributed by atoms with van der Waals surface area (Å²) in [4.78, 5) is 11.5. The van der Waals surface area contributed by atoms with E-state index in [-0.39, 0.29) is 5.92 Å². The Morgan fingerprint density at radius 1 is 1.38 bits per heavy atom. The van der Waals surface area contributed by atoms with Crippen LogP contribution in [0.5, 0.6) is 0 Å². The predicted molar refractivity (Wildman–Crippen MR) is 53.4 cm³/mol. The summed E-state index contributed by atoms with van der Waals surface area (Å²) in [7, 11) is 0. The molecule has 0 aromatic rings. The maximum atomic E-state index is 11.5. The van der Waals surface area contributed by atoms with E-state index in [1.54, 1.807) is 6.92 Å². The van der Waals surface area contributed by atoms with Crippen LogP contribution in [0.1, 0.15) is 33.6 Å². The van der Waals surface area contributed by atoms with Crippen molar-refractivity contribution in [2.24, 2.45) is 11.8 Å². The van der Waals surface area contributed by atoms with E-state index in [2.05, 4.69) is 19.9 Å². The normalized spacial score (nSPS) is 30.7. The van der Waals surface area contributed by atoms with Gasteiger partial charge in [0.1, 0.15) is 5.78 Å². The van der Waals surface area contributed by atoms with Gasteiger partial charge in [-0.05, 0) is 39.5 Å². The molecule has 2 aliphatic rings. The fourth-order valence-electron chi connectivity index (χ4n) is 2.83. The zero-order chi connectivity index (χ0) is 9.59. The maximum Gasteiger partial charge on any atom is 0.140 e. The van der Waals surface area contributed by atoms with E-state index in [1.165, 1.54) is 23.1 Å². The molecule has 0 radical (unpaired) electrons. The SMILES string of the molecule is CC(=O)C1C2=CCC(C2)C1=C(C)C. The number of carbonyl (C=O) groups excluding carboxylic acids is 1. The number of hydrogen-bond acceptors (Lipinski definition) is 1. The van der Waals surface area contributed by atoms with Crippen LogP contribution in [-0.2, 0) is 4.79 Å². The highest BCUT2D eigenvalue weighted by Crippen LogP contribution is 2.49. The van der Waals surface area contributed by atoms with Gasteiger partial charge >= 0.3 is 0 Å². The van der Waals surface area contributed by atoms with E-state index in [1.807, 2.05) is 0 Å². The van der Waals surface area contributed by atoms with Gasteiger partial charge in [0, 0.05) is 0 Å². The highest BCUT2D eigenvalue weighted by Gasteiger charge is 2.40. The van der Waals surface area contributed by atoms with Gasteiger partial charge in [-0.3, -0.25) is 4.79 Å². The van der Waals surface area contributed by atoms with Crippen LogP contribution < -0.4 is 0 Å².